The summed E-state index contributed by atoms with van der Waals surface area (Å²) in [4.78, 5) is 14.2. The minimum Gasteiger partial charge on any atom is -0.320 e. The first-order valence-electron chi connectivity index (χ1n) is 8.29. The summed E-state index contributed by atoms with van der Waals surface area (Å²) in [5.74, 6) is 0.596. The summed E-state index contributed by atoms with van der Waals surface area (Å²) < 4.78 is 1.76. The van der Waals surface area contributed by atoms with Gasteiger partial charge in [0.15, 0.2) is 0 Å². The van der Waals surface area contributed by atoms with E-state index in [4.69, 9.17) is 11.6 Å². The van der Waals surface area contributed by atoms with E-state index >= 15 is 0 Å². The third-order valence-corrected chi connectivity index (χ3v) is 5.86. The monoisotopic (exact) mass is 384 g/mol. The van der Waals surface area contributed by atoms with Gasteiger partial charge >= 0.3 is 0 Å². The standard InChI is InChI=1S/C19H17ClN4OS/c20-16-9-5-4-8-15(16)11-23-12-17(21-22-23)19-24(18(25)13-26-19)10-14-6-2-1-3-7-14/h1-9,12,19H,10-11,13H2. The summed E-state index contributed by atoms with van der Waals surface area (Å²) in [6.45, 7) is 1.13. The van der Waals surface area contributed by atoms with E-state index < -0.39 is 0 Å². The Hall–Kier alpha value is -2.31. The SMILES string of the molecule is O=C1CSC(c2cn(Cc3ccccc3Cl)nn2)N1Cc1ccccc1. The minimum atomic E-state index is -0.109. The second kappa shape index (κ2) is 7.51. The molecule has 0 spiro atoms. The van der Waals surface area contributed by atoms with E-state index in [2.05, 4.69) is 10.3 Å². The third kappa shape index (κ3) is 3.61. The van der Waals surface area contributed by atoms with Crippen molar-refractivity contribution in [1.29, 1.82) is 0 Å². The molecule has 1 amide bonds. The van der Waals surface area contributed by atoms with Crippen molar-refractivity contribution in [2.24, 2.45) is 0 Å². The van der Waals surface area contributed by atoms with Crippen LogP contribution in [-0.4, -0.2) is 31.6 Å². The van der Waals surface area contributed by atoms with Crippen molar-refractivity contribution in [2.45, 2.75) is 18.5 Å². The Bertz CT molecular complexity index is 915. The van der Waals surface area contributed by atoms with Crippen molar-refractivity contribution in [3.63, 3.8) is 0 Å². The molecule has 1 fully saturated rings. The molecule has 132 valence electrons. The van der Waals surface area contributed by atoms with Crippen LogP contribution < -0.4 is 0 Å². The molecule has 0 aliphatic carbocycles. The maximum absolute atomic E-state index is 12.3. The smallest absolute Gasteiger partial charge is 0.234 e. The van der Waals surface area contributed by atoms with Crippen molar-refractivity contribution < 1.29 is 4.79 Å². The molecule has 26 heavy (non-hydrogen) atoms. The van der Waals surface area contributed by atoms with Gasteiger partial charge in [0.25, 0.3) is 0 Å². The Balaban J connectivity index is 1.52. The van der Waals surface area contributed by atoms with Crippen LogP contribution >= 0.6 is 23.4 Å². The summed E-state index contributed by atoms with van der Waals surface area (Å²) in [6, 6.07) is 17.7. The largest absolute Gasteiger partial charge is 0.320 e. The molecular weight excluding hydrogens is 368 g/mol. The van der Waals surface area contributed by atoms with Gasteiger partial charge in [-0.25, -0.2) is 4.68 Å². The molecule has 7 heteroatoms. The van der Waals surface area contributed by atoms with Crippen LogP contribution in [0.15, 0.2) is 60.8 Å². The molecule has 1 atom stereocenters. The van der Waals surface area contributed by atoms with Crippen LogP contribution in [-0.2, 0) is 17.9 Å². The Morgan fingerprint density at radius 1 is 1.08 bits per heavy atom. The Morgan fingerprint density at radius 3 is 2.65 bits per heavy atom. The summed E-state index contributed by atoms with van der Waals surface area (Å²) in [6.07, 6.45) is 1.90. The number of carbonyl (C=O) groups is 1. The van der Waals surface area contributed by atoms with E-state index in [1.807, 2.05) is 65.7 Å². The molecule has 1 aromatic heterocycles. The maximum atomic E-state index is 12.3. The van der Waals surface area contributed by atoms with Gasteiger partial charge in [0.2, 0.25) is 5.91 Å². The molecule has 3 aromatic rings. The fourth-order valence-electron chi connectivity index (χ4n) is 2.96. The zero-order valence-corrected chi connectivity index (χ0v) is 15.5. The first kappa shape index (κ1) is 17.1. The number of thioether (sulfide) groups is 1. The number of rotatable bonds is 5. The van der Waals surface area contributed by atoms with Crippen LogP contribution in [0.2, 0.25) is 5.02 Å². The molecule has 2 aromatic carbocycles. The van der Waals surface area contributed by atoms with Crippen LogP contribution in [0.25, 0.3) is 0 Å². The van der Waals surface area contributed by atoms with Gasteiger partial charge in [0.1, 0.15) is 11.1 Å². The first-order valence-corrected chi connectivity index (χ1v) is 9.72. The zero-order valence-electron chi connectivity index (χ0n) is 14.0. The molecule has 0 bridgehead atoms. The molecule has 2 heterocycles. The highest BCUT2D eigenvalue weighted by Gasteiger charge is 2.34. The van der Waals surface area contributed by atoms with Crippen molar-refractivity contribution in [1.82, 2.24) is 19.9 Å². The van der Waals surface area contributed by atoms with Crippen LogP contribution in [0.4, 0.5) is 0 Å². The van der Waals surface area contributed by atoms with Gasteiger partial charge in [-0.15, -0.1) is 16.9 Å². The number of carbonyl (C=O) groups excluding carboxylic acids is 1. The predicted molar refractivity (Wildman–Crippen MR) is 103 cm³/mol. The van der Waals surface area contributed by atoms with Gasteiger partial charge in [0.05, 0.1) is 18.5 Å². The lowest BCUT2D eigenvalue weighted by atomic mass is 10.2. The molecule has 1 saturated heterocycles. The highest BCUT2D eigenvalue weighted by molar-refractivity contribution is 8.00. The van der Waals surface area contributed by atoms with E-state index in [1.54, 1.807) is 16.4 Å². The van der Waals surface area contributed by atoms with Gasteiger partial charge in [-0.2, -0.15) is 0 Å². The lowest BCUT2D eigenvalue weighted by Gasteiger charge is -2.22. The number of nitrogens with zero attached hydrogens (tertiary/aromatic N) is 4. The minimum absolute atomic E-state index is 0.109. The molecular formula is C19H17ClN4OS. The second-order valence-corrected chi connectivity index (χ2v) is 7.58. The van der Waals surface area contributed by atoms with Crippen molar-refractivity contribution in [3.05, 3.63) is 82.6 Å². The highest BCUT2D eigenvalue weighted by Crippen LogP contribution is 2.38. The summed E-state index contributed by atoms with van der Waals surface area (Å²) >= 11 is 7.81. The van der Waals surface area contributed by atoms with E-state index in [9.17, 15) is 4.79 Å². The van der Waals surface area contributed by atoms with E-state index in [-0.39, 0.29) is 11.3 Å². The Labute approximate surface area is 161 Å². The van der Waals surface area contributed by atoms with Crippen LogP contribution in [0.3, 0.4) is 0 Å². The molecule has 4 rings (SSSR count). The van der Waals surface area contributed by atoms with E-state index in [0.29, 0.717) is 23.9 Å². The first-order chi connectivity index (χ1) is 12.7. The molecule has 5 nitrogen and oxygen atoms in total. The maximum Gasteiger partial charge on any atom is 0.234 e. The average Bonchev–Trinajstić information content (AvgIpc) is 3.25. The van der Waals surface area contributed by atoms with Gasteiger partial charge < -0.3 is 4.90 Å². The quantitative estimate of drug-likeness (QED) is 0.672. The number of hydrogen-bond acceptors (Lipinski definition) is 4. The van der Waals surface area contributed by atoms with Gasteiger partial charge in [-0.05, 0) is 17.2 Å². The average molecular weight is 385 g/mol. The van der Waals surface area contributed by atoms with Crippen molar-refractivity contribution in [2.75, 3.05) is 5.75 Å². The van der Waals surface area contributed by atoms with E-state index in [0.717, 1.165) is 16.8 Å². The normalized spacial score (nSPS) is 17.0. The summed E-state index contributed by atoms with van der Waals surface area (Å²) in [5, 5.41) is 9.13. The van der Waals surface area contributed by atoms with E-state index in [1.165, 1.54) is 0 Å². The highest BCUT2D eigenvalue weighted by atomic mass is 35.5. The topological polar surface area (TPSA) is 51.0 Å². The molecule has 0 saturated carbocycles. The molecule has 1 unspecified atom stereocenters. The van der Waals surface area contributed by atoms with Crippen molar-refractivity contribution >= 4 is 29.3 Å². The number of halogens is 1. The van der Waals surface area contributed by atoms with Gasteiger partial charge in [0, 0.05) is 11.6 Å². The van der Waals surface area contributed by atoms with Gasteiger partial charge in [-0.1, -0.05) is 65.3 Å². The molecule has 0 N–H and O–H groups in total. The fraction of sp³-hybridized carbons (Fsp3) is 0.211. The van der Waals surface area contributed by atoms with Crippen LogP contribution in [0.5, 0.6) is 0 Å². The number of aromatic nitrogens is 3. The molecule has 1 aliphatic heterocycles. The van der Waals surface area contributed by atoms with Crippen LogP contribution in [0.1, 0.15) is 22.2 Å². The summed E-state index contributed by atoms with van der Waals surface area (Å²) in [7, 11) is 0. The Kier molecular flexibility index (Phi) is 4.95. The number of hydrogen-bond donors (Lipinski definition) is 0. The summed E-state index contributed by atoms with van der Waals surface area (Å²) in [5.41, 5.74) is 2.89. The zero-order chi connectivity index (χ0) is 17.9. The fourth-order valence-corrected chi connectivity index (χ4v) is 4.27. The second-order valence-electron chi connectivity index (χ2n) is 6.10. The Morgan fingerprint density at radius 2 is 1.85 bits per heavy atom. The van der Waals surface area contributed by atoms with Crippen molar-refractivity contribution in [3.8, 4) is 0 Å². The number of benzene rings is 2. The third-order valence-electron chi connectivity index (χ3n) is 4.26. The number of amides is 1. The molecule has 1 aliphatic rings. The van der Waals surface area contributed by atoms with Gasteiger partial charge in [-0.3, -0.25) is 4.79 Å². The lowest BCUT2D eigenvalue weighted by Crippen LogP contribution is -2.27. The molecule has 0 radical (unpaired) electrons. The van der Waals surface area contributed by atoms with Crippen LogP contribution in [0, 0.1) is 0 Å². The predicted octanol–water partition coefficient (Wildman–Crippen LogP) is 3.75. The lowest BCUT2D eigenvalue weighted by molar-refractivity contribution is -0.128.